The lowest BCUT2D eigenvalue weighted by molar-refractivity contribution is 0.0948. The standard InChI is InChI=1S/C18H21NO3S/c1-21-15-5-4-6-16(22-2)17(15)18(20)19-12-11-13-7-9-14(23-3)10-8-13/h4-10H,11-12H2,1-3H3,(H,19,20). The van der Waals surface area contributed by atoms with Gasteiger partial charge in [0.05, 0.1) is 14.2 Å². The summed E-state index contributed by atoms with van der Waals surface area (Å²) in [6, 6.07) is 13.6. The summed E-state index contributed by atoms with van der Waals surface area (Å²) in [5.41, 5.74) is 1.62. The van der Waals surface area contributed by atoms with Gasteiger partial charge in [0.1, 0.15) is 17.1 Å². The third-order valence-electron chi connectivity index (χ3n) is 3.51. The fraction of sp³-hybridized carbons (Fsp3) is 0.278. The third-order valence-corrected chi connectivity index (χ3v) is 4.26. The molecule has 0 spiro atoms. The fourth-order valence-electron chi connectivity index (χ4n) is 2.28. The first-order valence-corrected chi connectivity index (χ1v) is 8.54. The van der Waals surface area contributed by atoms with Crippen molar-refractivity contribution in [2.24, 2.45) is 0 Å². The highest BCUT2D eigenvalue weighted by Crippen LogP contribution is 2.27. The second-order valence-corrected chi connectivity index (χ2v) is 5.77. The van der Waals surface area contributed by atoms with Crippen molar-refractivity contribution in [2.45, 2.75) is 11.3 Å². The molecule has 122 valence electrons. The van der Waals surface area contributed by atoms with Crippen molar-refractivity contribution in [3.8, 4) is 11.5 Å². The zero-order valence-corrected chi connectivity index (χ0v) is 14.4. The van der Waals surface area contributed by atoms with Crippen LogP contribution in [0.15, 0.2) is 47.4 Å². The van der Waals surface area contributed by atoms with E-state index in [1.165, 1.54) is 10.5 Å². The molecule has 0 unspecified atom stereocenters. The van der Waals surface area contributed by atoms with Crippen LogP contribution < -0.4 is 14.8 Å². The highest BCUT2D eigenvalue weighted by molar-refractivity contribution is 7.98. The normalized spacial score (nSPS) is 10.2. The van der Waals surface area contributed by atoms with Crippen LogP contribution in [0.5, 0.6) is 11.5 Å². The smallest absolute Gasteiger partial charge is 0.258 e. The molecular formula is C18H21NO3S. The number of thioether (sulfide) groups is 1. The number of benzene rings is 2. The van der Waals surface area contributed by atoms with Gasteiger partial charge in [-0.3, -0.25) is 4.79 Å². The number of amides is 1. The highest BCUT2D eigenvalue weighted by atomic mass is 32.2. The van der Waals surface area contributed by atoms with Crippen LogP contribution in [0, 0.1) is 0 Å². The first kappa shape index (κ1) is 17.2. The average molecular weight is 331 g/mol. The number of ether oxygens (including phenoxy) is 2. The van der Waals surface area contributed by atoms with Gasteiger partial charge < -0.3 is 14.8 Å². The van der Waals surface area contributed by atoms with Gasteiger partial charge >= 0.3 is 0 Å². The lowest BCUT2D eigenvalue weighted by Crippen LogP contribution is -2.26. The van der Waals surface area contributed by atoms with Crippen LogP contribution in [0.2, 0.25) is 0 Å². The van der Waals surface area contributed by atoms with E-state index in [2.05, 4.69) is 35.8 Å². The summed E-state index contributed by atoms with van der Waals surface area (Å²) in [6.45, 7) is 0.554. The minimum atomic E-state index is -0.194. The van der Waals surface area contributed by atoms with Crippen LogP contribution in [-0.4, -0.2) is 32.9 Å². The van der Waals surface area contributed by atoms with Crippen molar-refractivity contribution in [1.82, 2.24) is 5.32 Å². The molecule has 0 heterocycles. The molecule has 1 amide bonds. The Morgan fingerprint density at radius 3 is 2.17 bits per heavy atom. The molecule has 0 atom stereocenters. The molecule has 2 rings (SSSR count). The SMILES string of the molecule is COc1cccc(OC)c1C(=O)NCCc1ccc(SC)cc1. The summed E-state index contributed by atoms with van der Waals surface area (Å²) in [7, 11) is 3.08. The van der Waals surface area contributed by atoms with Crippen LogP contribution in [0.4, 0.5) is 0 Å². The van der Waals surface area contributed by atoms with Crippen molar-refractivity contribution < 1.29 is 14.3 Å². The van der Waals surface area contributed by atoms with E-state index in [9.17, 15) is 4.79 Å². The van der Waals surface area contributed by atoms with Gasteiger partial charge in [0, 0.05) is 11.4 Å². The Bertz CT molecular complexity index is 634. The molecule has 0 radical (unpaired) electrons. The summed E-state index contributed by atoms with van der Waals surface area (Å²) in [5, 5.41) is 2.92. The molecular weight excluding hydrogens is 310 g/mol. The minimum absolute atomic E-state index is 0.194. The van der Waals surface area contributed by atoms with Gasteiger partial charge in [-0.2, -0.15) is 0 Å². The first-order valence-electron chi connectivity index (χ1n) is 7.31. The molecule has 5 heteroatoms. The van der Waals surface area contributed by atoms with Gasteiger partial charge in [-0.1, -0.05) is 18.2 Å². The van der Waals surface area contributed by atoms with Crippen LogP contribution in [0.25, 0.3) is 0 Å². The van der Waals surface area contributed by atoms with Crippen LogP contribution in [0.3, 0.4) is 0 Å². The van der Waals surface area contributed by atoms with Crippen LogP contribution in [-0.2, 0) is 6.42 Å². The Morgan fingerprint density at radius 2 is 1.65 bits per heavy atom. The molecule has 0 fully saturated rings. The Balaban J connectivity index is 1.99. The summed E-state index contributed by atoms with van der Waals surface area (Å²) >= 11 is 1.71. The predicted molar refractivity (Wildman–Crippen MR) is 93.8 cm³/mol. The zero-order chi connectivity index (χ0) is 16.7. The lowest BCUT2D eigenvalue weighted by atomic mass is 10.1. The summed E-state index contributed by atoms with van der Waals surface area (Å²) < 4.78 is 10.5. The van der Waals surface area contributed by atoms with Crippen molar-refractivity contribution in [2.75, 3.05) is 27.0 Å². The number of hydrogen-bond acceptors (Lipinski definition) is 4. The Kier molecular flexibility index (Phi) is 6.35. The van der Waals surface area contributed by atoms with E-state index in [0.29, 0.717) is 23.6 Å². The van der Waals surface area contributed by atoms with E-state index in [-0.39, 0.29) is 5.91 Å². The molecule has 0 bridgehead atoms. The van der Waals surface area contributed by atoms with Gasteiger partial charge in [0.2, 0.25) is 0 Å². The maximum Gasteiger partial charge on any atom is 0.258 e. The van der Waals surface area contributed by atoms with Gasteiger partial charge in [0.15, 0.2) is 0 Å². The second-order valence-electron chi connectivity index (χ2n) is 4.89. The fourth-order valence-corrected chi connectivity index (χ4v) is 2.68. The molecule has 0 saturated carbocycles. The summed E-state index contributed by atoms with van der Waals surface area (Å²) in [5.74, 6) is 0.817. The minimum Gasteiger partial charge on any atom is -0.496 e. The maximum absolute atomic E-state index is 12.4. The Hall–Kier alpha value is -2.14. The monoisotopic (exact) mass is 331 g/mol. The van der Waals surface area contributed by atoms with E-state index in [4.69, 9.17) is 9.47 Å². The van der Waals surface area contributed by atoms with Crippen LogP contribution in [0.1, 0.15) is 15.9 Å². The molecule has 2 aromatic carbocycles. The van der Waals surface area contributed by atoms with Crippen LogP contribution >= 0.6 is 11.8 Å². The molecule has 0 aliphatic heterocycles. The number of carbonyl (C=O) groups excluding carboxylic acids is 1. The predicted octanol–water partition coefficient (Wildman–Crippen LogP) is 3.40. The first-order chi connectivity index (χ1) is 11.2. The number of nitrogens with one attached hydrogen (secondary N) is 1. The molecule has 0 aliphatic rings. The summed E-state index contributed by atoms with van der Waals surface area (Å²) in [6.07, 6.45) is 2.83. The summed E-state index contributed by atoms with van der Waals surface area (Å²) in [4.78, 5) is 13.7. The molecule has 0 aliphatic carbocycles. The molecule has 1 N–H and O–H groups in total. The molecule has 4 nitrogen and oxygen atoms in total. The second kappa shape index (κ2) is 8.48. The maximum atomic E-state index is 12.4. The number of carbonyl (C=O) groups is 1. The van der Waals surface area contributed by atoms with Crippen molar-refractivity contribution >= 4 is 17.7 Å². The largest absolute Gasteiger partial charge is 0.496 e. The zero-order valence-electron chi connectivity index (χ0n) is 13.6. The van der Waals surface area contributed by atoms with E-state index >= 15 is 0 Å². The molecule has 0 aromatic heterocycles. The highest BCUT2D eigenvalue weighted by Gasteiger charge is 2.17. The van der Waals surface area contributed by atoms with E-state index in [1.54, 1.807) is 44.2 Å². The Labute approximate surface area is 141 Å². The van der Waals surface area contributed by atoms with Gasteiger partial charge in [-0.15, -0.1) is 11.8 Å². The number of rotatable bonds is 7. The average Bonchev–Trinajstić information content (AvgIpc) is 2.61. The van der Waals surface area contributed by atoms with Crippen molar-refractivity contribution in [3.63, 3.8) is 0 Å². The van der Waals surface area contributed by atoms with Crippen molar-refractivity contribution in [1.29, 1.82) is 0 Å². The quantitative estimate of drug-likeness (QED) is 0.790. The molecule has 0 saturated heterocycles. The van der Waals surface area contributed by atoms with E-state index in [1.807, 2.05) is 0 Å². The Morgan fingerprint density at radius 1 is 1.04 bits per heavy atom. The van der Waals surface area contributed by atoms with E-state index < -0.39 is 0 Å². The topological polar surface area (TPSA) is 47.6 Å². The van der Waals surface area contributed by atoms with Crippen molar-refractivity contribution in [3.05, 3.63) is 53.6 Å². The van der Waals surface area contributed by atoms with Gasteiger partial charge in [-0.05, 0) is 42.5 Å². The lowest BCUT2D eigenvalue weighted by Gasteiger charge is -2.13. The number of methoxy groups -OCH3 is 2. The van der Waals surface area contributed by atoms with Gasteiger partial charge in [0.25, 0.3) is 5.91 Å². The molecule has 2 aromatic rings. The number of hydrogen-bond donors (Lipinski definition) is 1. The van der Waals surface area contributed by atoms with E-state index in [0.717, 1.165) is 6.42 Å². The molecule has 23 heavy (non-hydrogen) atoms. The third kappa shape index (κ3) is 4.42. The van der Waals surface area contributed by atoms with Gasteiger partial charge in [-0.25, -0.2) is 0 Å².